The normalized spacial score (nSPS) is 20.7. The SMILES string of the molecule is Nc1cccc(C2CNC(=O)NC2=O)c1. The van der Waals surface area contributed by atoms with Crippen LogP contribution < -0.4 is 16.4 Å². The molecule has 5 heteroatoms. The van der Waals surface area contributed by atoms with Crippen molar-refractivity contribution in [3.8, 4) is 0 Å². The largest absolute Gasteiger partial charge is 0.399 e. The Kier molecular flexibility index (Phi) is 2.29. The molecule has 1 atom stereocenters. The van der Waals surface area contributed by atoms with Crippen molar-refractivity contribution < 1.29 is 9.59 Å². The van der Waals surface area contributed by atoms with Crippen LogP contribution >= 0.6 is 0 Å². The van der Waals surface area contributed by atoms with Crippen molar-refractivity contribution in [1.82, 2.24) is 10.6 Å². The summed E-state index contributed by atoms with van der Waals surface area (Å²) in [7, 11) is 0. The summed E-state index contributed by atoms with van der Waals surface area (Å²) in [6.07, 6.45) is 0. The van der Waals surface area contributed by atoms with Crippen LogP contribution in [-0.4, -0.2) is 18.5 Å². The summed E-state index contributed by atoms with van der Waals surface area (Å²) in [5, 5.41) is 4.79. The molecule has 1 fully saturated rings. The van der Waals surface area contributed by atoms with Crippen molar-refractivity contribution in [1.29, 1.82) is 0 Å². The minimum Gasteiger partial charge on any atom is -0.399 e. The van der Waals surface area contributed by atoms with Crippen LogP contribution in [0.4, 0.5) is 10.5 Å². The van der Waals surface area contributed by atoms with Crippen LogP contribution in [0.3, 0.4) is 0 Å². The van der Waals surface area contributed by atoms with Crippen LogP contribution in [0, 0.1) is 0 Å². The lowest BCUT2D eigenvalue weighted by molar-refractivity contribution is -0.122. The second-order valence-corrected chi connectivity index (χ2v) is 3.42. The summed E-state index contributed by atoms with van der Waals surface area (Å²) >= 11 is 0. The van der Waals surface area contributed by atoms with Gasteiger partial charge in [0.05, 0.1) is 5.92 Å². The van der Waals surface area contributed by atoms with E-state index in [2.05, 4.69) is 10.6 Å². The molecule has 5 nitrogen and oxygen atoms in total. The zero-order valence-electron chi connectivity index (χ0n) is 7.99. The highest BCUT2D eigenvalue weighted by molar-refractivity contribution is 6.00. The molecule has 0 aromatic heterocycles. The third-order valence-corrected chi connectivity index (χ3v) is 2.33. The summed E-state index contributed by atoms with van der Waals surface area (Å²) in [5.74, 6) is -0.643. The number of carbonyl (C=O) groups excluding carboxylic acids is 2. The van der Waals surface area contributed by atoms with Crippen molar-refractivity contribution in [2.24, 2.45) is 0 Å². The Hall–Kier alpha value is -2.04. The molecule has 1 saturated heterocycles. The molecule has 1 unspecified atom stereocenters. The van der Waals surface area contributed by atoms with Gasteiger partial charge in [-0.3, -0.25) is 10.1 Å². The molecule has 78 valence electrons. The fourth-order valence-corrected chi connectivity index (χ4v) is 1.58. The average Bonchev–Trinajstić information content (AvgIpc) is 2.17. The molecule has 0 radical (unpaired) electrons. The van der Waals surface area contributed by atoms with E-state index in [9.17, 15) is 9.59 Å². The Morgan fingerprint density at radius 3 is 2.80 bits per heavy atom. The maximum absolute atomic E-state index is 11.5. The van der Waals surface area contributed by atoms with Crippen molar-refractivity contribution in [3.63, 3.8) is 0 Å². The Labute approximate surface area is 86.6 Å². The van der Waals surface area contributed by atoms with Crippen LogP contribution in [0.2, 0.25) is 0 Å². The lowest BCUT2D eigenvalue weighted by Gasteiger charge is -2.22. The van der Waals surface area contributed by atoms with E-state index in [0.29, 0.717) is 12.2 Å². The molecule has 0 aliphatic carbocycles. The summed E-state index contributed by atoms with van der Waals surface area (Å²) in [6, 6.07) is 6.65. The fourth-order valence-electron chi connectivity index (χ4n) is 1.58. The minimum absolute atomic E-state index is 0.288. The summed E-state index contributed by atoms with van der Waals surface area (Å²) < 4.78 is 0. The number of hydrogen-bond donors (Lipinski definition) is 3. The number of benzene rings is 1. The van der Waals surface area contributed by atoms with E-state index in [4.69, 9.17) is 5.73 Å². The van der Waals surface area contributed by atoms with Gasteiger partial charge in [0.2, 0.25) is 5.91 Å². The van der Waals surface area contributed by atoms with Crippen LogP contribution in [-0.2, 0) is 4.79 Å². The van der Waals surface area contributed by atoms with Gasteiger partial charge in [0.25, 0.3) is 0 Å². The van der Waals surface area contributed by atoms with Gasteiger partial charge >= 0.3 is 6.03 Å². The van der Waals surface area contributed by atoms with E-state index in [1.165, 1.54) is 0 Å². The van der Waals surface area contributed by atoms with Gasteiger partial charge < -0.3 is 11.1 Å². The summed E-state index contributed by atoms with van der Waals surface area (Å²) in [6.45, 7) is 0.314. The van der Waals surface area contributed by atoms with Crippen molar-refractivity contribution in [2.45, 2.75) is 5.92 Å². The predicted octanol–water partition coefficient (Wildman–Crippen LogP) is 0.192. The van der Waals surface area contributed by atoms with E-state index in [0.717, 1.165) is 5.56 Å². The van der Waals surface area contributed by atoms with Crippen LogP contribution in [0.5, 0.6) is 0 Å². The molecule has 2 rings (SSSR count). The summed E-state index contributed by atoms with van der Waals surface area (Å²) in [4.78, 5) is 22.4. The number of hydrogen-bond acceptors (Lipinski definition) is 3. The van der Waals surface area contributed by atoms with Gasteiger partial charge in [-0.2, -0.15) is 0 Å². The molecular formula is C10H11N3O2. The van der Waals surface area contributed by atoms with Gasteiger partial charge in [0.15, 0.2) is 0 Å². The third kappa shape index (κ3) is 1.90. The number of nitrogens with one attached hydrogen (secondary N) is 2. The third-order valence-electron chi connectivity index (χ3n) is 2.33. The van der Waals surface area contributed by atoms with E-state index < -0.39 is 6.03 Å². The van der Waals surface area contributed by atoms with Gasteiger partial charge in [-0.05, 0) is 17.7 Å². The van der Waals surface area contributed by atoms with Crippen molar-refractivity contribution in [2.75, 3.05) is 12.3 Å². The van der Waals surface area contributed by atoms with E-state index >= 15 is 0 Å². The first-order valence-electron chi connectivity index (χ1n) is 4.61. The predicted molar refractivity (Wildman–Crippen MR) is 55.1 cm³/mol. The highest BCUT2D eigenvalue weighted by atomic mass is 16.2. The molecule has 1 aliphatic rings. The van der Waals surface area contributed by atoms with Crippen molar-refractivity contribution in [3.05, 3.63) is 29.8 Å². The Balaban J connectivity index is 2.24. The second-order valence-electron chi connectivity index (χ2n) is 3.42. The van der Waals surface area contributed by atoms with Crippen LogP contribution in [0.25, 0.3) is 0 Å². The van der Waals surface area contributed by atoms with Gasteiger partial charge in [-0.15, -0.1) is 0 Å². The number of imide groups is 1. The molecule has 1 aliphatic heterocycles. The molecule has 1 heterocycles. The van der Waals surface area contributed by atoms with E-state index in [1.807, 2.05) is 6.07 Å². The number of amides is 3. The van der Waals surface area contributed by atoms with Crippen LogP contribution in [0.1, 0.15) is 11.5 Å². The molecule has 4 N–H and O–H groups in total. The van der Waals surface area contributed by atoms with Gasteiger partial charge in [0.1, 0.15) is 0 Å². The number of carbonyl (C=O) groups is 2. The Morgan fingerprint density at radius 1 is 1.33 bits per heavy atom. The first kappa shape index (κ1) is 9.51. The number of nitrogens with two attached hydrogens (primary N) is 1. The van der Waals surface area contributed by atoms with Gasteiger partial charge in [-0.1, -0.05) is 12.1 Å². The average molecular weight is 205 g/mol. The molecule has 0 saturated carbocycles. The second kappa shape index (κ2) is 3.61. The van der Waals surface area contributed by atoms with Gasteiger partial charge in [-0.25, -0.2) is 4.79 Å². The molecule has 1 aromatic carbocycles. The standard InChI is InChI=1S/C10H11N3O2/c11-7-3-1-2-6(4-7)8-5-12-10(15)13-9(8)14/h1-4,8H,5,11H2,(H2,12,13,14,15). The zero-order chi connectivity index (χ0) is 10.8. The summed E-state index contributed by atoms with van der Waals surface area (Å²) in [5.41, 5.74) is 7.04. The number of rotatable bonds is 1. The van der Waals surface area contributed by atoms with E-state index in [1.54, 1.807) is 18.2 Å². The highest BCUT2D eigenvalue weighted by Gasteiger charge is 2.27. The van der Waals surface area contributed by atoms with E-state index in [-0.39, 0.29) is 11.8 Å². The molecule has 3 amide bonds. The topological polar surface area (TPSA) is 84.2 Å². The maximum atomic E-state index is 11.5. The Morgan fingerprint density at radius 2 is 2.13 bits per heavy atom. The highest BCUT2D eigenvalue weighted by Crippen LogP contribution is 2.19. The molecule has 15 heavy (non-hydrogen) atoms. The minimum atomic E-state index is -0.444. The lowest BCUT2D eigenvalue weighted by atomic mass is 9.96. The molecule has 1 aromatic rings. The maximum Gasteiger partial charge on any atom is 0.321 e. The monoisotopic (exact) mass is 205 g/mol. The quantitative estimate of drug-likeness (QED) is 0.572. The lowest BCUT2D eigenvalue weighted by Crippen LogP contribution is -2.50. The van der Waals surface area contributed by atoms with Gasteiger partial charge in [0, 0.05) is 12.2 Å². The fraction of sp³-hybridized carbons (Fsp3) is 0.200. The number of urea groups is 1. The first-order chi connectivity index (χ1) is 7.16. The smallest absolute Gasteiger partial charge is 0.321 e. The molecule has 0 bridgehead atoms. The van der Waals surface area contributed by atoms with Crippen molar-refractivity contribution >= 4 is 17.6 Å². The zero-order valence-corrected chi connectivity index (χ0v) is 7.99. The van der Waals surface area contributed by atoms with Crippen LogP contribution in [0.15, 0.2) is 24.3 Å². The first-order valence-corrected chi connectivity index (χ1v) is 4.61. The number of nitrogen functional groups attached to an aromatic ring is 1. The number of anilines is 1. The molecule has 0 spiro atoms. The Bertz CT molecular complexity index is 417. The molecular weight excluding hydrogens is 194 g/mol.